The fourth-order valence-corrected chi connectivity index (χ4v) is 12.0. The first-order valence-electron chi connectivity index (χ1n) is 42.3. The molecule has 0 saturated carbocycles. The van der Waals surface area contributed by atoms with Gasteiger partial charge in [-0.1, -0.05) is 385 Å². The second-order valence-corrected chi connectivity index (χ2v) is 29.4. The van der Waals surface area contributed by atoms with Gasteiger partial charge >= 0.3 is 11.9 Å². The van der Waals surface area contributed by atoms with Crippen LogP contribution in [0.3, 0.4) is 0 Å². The van der Waals surface area contributed by atoms with Crippen LogP contribution in [0.25, 0.3) is 0 Å². The highest BCUT2D eigenvalue weighted by molar-refractivity contribution is 5.70. The minimum atomic E-state index is -1.63. The number of nitrogens with zero attached hydrogens (tertiary/aromatic N) is 1. The molecule has 0 bridgehead atoms. The summed E-state index contributed by atoms with van der Waals surface area (Å²) in [4.78, 5) is 37.7. The third kappa shape index (κ3) is 82.6. The zero-order valence-corrected chi connectivity index (χ0v) is 66.5. The molecule has 0 rings (SSSR count). The van der Waals surface area contributed by atoms with E-state index in [0.717, 1.165) is 109 Å². The van der Waals surface area contributed by atoms with Crippen molar-refractivity contribution >= 4 is 17.9 Å². The lowest BCUT2D eigenvalue weighted by atomic mass is 10.0. The van der Waals surface area contributed by atoms with Crippen LogP contribution in [0.5, 0.6) is 0 Å². The molecule has 0 amide bonds. The second kappa shape index (κ2) is 81.1. The number of carboxylic acids is 1. The summed E-state index contributed by atoms with van der Waals surface area (Å²) in [5, 5.41) is 11.9. The molecule has 580 valence electrons. The molecule has 0 fully saturated rings. The summed E-state index contributed by atoms with van der Waals surface area (Å²) in [5.74, 6) is -2.27. The van der Waals surface area contributed by atoms with E-state index in [1.807, 2.05) is 21.1 Å². The van der Waals surface area contributed by atoms with Gasteiger partial charge in [0.15, 0.2) is 12.4 Å². The first kappa shape index (κ1) is 96.4. The van der Waals surface area contributed by atoms with Gasteiger partial charge in [0, 0.05) is 12.8 Å². The first-order chi connectivity index (χ1) is 49.6. The van der Waals surface area contributed by atoms with E-state index in [2.05, 4.69) is 148 Å². The fourth-order valence-electron chi connectivity index (χ4n) is 12.0. The van der Waals surface area contributed by atoms with Gasteiger partial charge in [0.25, 0.3) is 0 Å². The van der Waals surface area contributed by atoms with Crippen LogP contribution in [0, 0.1) is 0 Å². The van der Waals surface area contributed by atoms with Crippen LogP contribution in [-0.4, -0.2) is 82.3 Å². The van der Waals surface area contributed by atoms with Gasteiger partial charge in [-0.3, -0.25) is 9.59 Å². The normalized spacial score (nSPS) is 13.3. The van der Waals surface area contributed by atoms with E-state index >= 15 is 0 Å². The Morgan fingerprint density at radius 1 is 0.297 bits per heavy atom. The summed E-state index contributed by atoms with van der Waals surface area (Å²) in [6, 6.07) is 0. The average molecular weight is 1410 g/mol. The zero-order valence-electron chi connectivity index (χ0n) is 66.5. The summed E-state index contributed by atoms with van der Waals surface area (Å²) >= 11 is 0. The summed E-state index contributed by atoms with van der Waals surface area (Å²) in [7, 11) is 5.94. The first-order valence-corrected chi connectivity index (χ1v) is 42.3. The summed E-state index contributed by atoms with van der Waals surface area (Å²) in [6.45, 7) is 4.56. The molecule has 9 nitrogen and oxygen atoms in total. The van der Waals surface area contributed by atoms with E-state index in [4.69, 9.17) is 18.9 Å². The largest absolute Gasteiger partial charge is 0.545 e. The molecule has 0 heterocycles. The van der Waals surface area contributed by atoms with Gasteiger partial charge in [-0.25, -0.2) is 0 Å². The van der Waals surface area contributed by atoms with Crippen molar-refractivity contribution in [2.24, 2.45) is 0 Å². The minimum absolute atomic E-state index is 0.146. The Bertz CT molecular complexity index is 2130. The molecule has 101 heavy (non-hydrogen) atoms. The number of quaternary nitrogens is 1. The van der Waals surface area contributed by atoms with Crippen molar-refractivity contribution in [3.8, 4) is 0 Å². The van der Waals surface area contributed by atoms with Gasteiger partial charge in [0.05, 0.1) is 40.3 Å². The molecular weight excluding hydrogens is 1250 g/mol. The van der Waals surface area contributed by atoms with Gasteiger partial charge in [-0.2, -0.15) is 0 Å². The number of ether oxygens (including phenoxy) is 4. The number of rotatable bonds is 78. The number of esters is 2. The molecule has 0 aliphatic carbocycles. The highest BCUT2D eigenvalue weighted by atomic mass is 16.7. The molecule has 9 heteroatoms. The van der Waals surface area contributed by atoms with Crippen LogP contribution in [0.2, 0.25) is 0 Å². The molecule has 0 radical (unpaired) electrons. The lowest BCUT2D eigenvalue weighted by Gasteiger charge is -2.26. The van der Waals surface area contributed by atoms with Crippen LogP contribution in [0.15, 0.2) is 134 Å². The summed E-state index contributed by atoms with van der Waals surface area (Å²) < 4.78 is 22.9. The maximum absolute atomic E-state index is 13.0. The monoisotopic (exact) mass is 1410 g/mol. The number of aliphatic carboxylic acids is 1. The zero-order chi connectivity index (χ0) is 73.2. The Labute approximate surface area is 624 Å². The number of unbranched alkanes of at least 4 members (excludes halogenated alkanes) is 41. The van der Waals surface area contributed by atoms with Crippen molar-refractivity contribution in [1.82, 2.24) is 0 Å². The standard InChI is InChI=1S/C92H159NO8/c1-6-8-10-12-14-16-18-20-22-24-26-28-30-32-34-36-38-40-42-44-45-47-48-50-52-54-56-58-60-62-64-66-68-70-72-74-76-78-80-82-89(94)99-86-88(87-100-92(91(96)97)98-85-84-93(3,4)5)101-90(95)83-81-79-77-75-73-71-69-67-65-63-61-59-57-55-53-51-49-46-43-41-39-37-35-33-31-29-27-25-23-21-19-17-15-13-11-9-7-2/h8-11,14-17,20-23,26-29,33,35,39,41,46,49,88,92H,6-7,12-13,18-19,24-25,30-32,34,36-38,40,42-45,47-48,50-87H2,1-5H3/b10-8-,11-9-,16-14-,17-15-,22-20-,23-21-,28-26-,29-27-,35-33-,41-39-,49-46-. The molecule has 0 spiro atoms. The summed E-state index contributed by atoms with van der Waals surface area (Å²) in [5.41, 5.74) is 0. The van der Waals surface area contributed by atoms with Crippen molar-refractivity contribution in [1.29, 1.82) is 0 Å². The number of carbonyl (C=O) groups excluding carboxylic acids is 3. The molecule has 0 aliphatic rings. The van der Waals surface area contributed by atoms with Gasteiger partial charge < -0.3 is 33.3 Å². The SMILES string of the molecule is CC/C=C\C/C=C\C/C=C\C/C=C\C/C=C\C/C=C\C/C=C\CCCCCCCCCCCCCCCCCC(=O)OC(COC(=O)CCCCCCCCCCCCCCCCCCCCCCCCCCCC/C=C\C/C=C\C/C=C\C/C=C\CC)COC(OCC[N+](C)(C)C)C(=O)[O-]. The predicted octanol–water partition coefficient (Wildman–Crippen LogP) is 26.3. The molecule has 0 aliphatic heterocycles. The van der Waals surface area contributed by atoms with Crippen LogP contribution >= 0.6 is 0 Å². The van der Waals surface area contributed by atoms with Crippen molar-refractivity contribution in [2.45, 2.75) is 386 Å². The maximum atomic E-state index is 13.0. The number of likely N-dealkylation sites (N-methyl/N-ethyl adjacent to an activating group) is 1. The number of carbonyl (C=O) groups is 3. The van der Waals surface area contributed by atoms with E-state index in [9.17, 15) is 19.5 Å². The molecule has 0 saturated heterocycles. The highest BCUT2D eigenvalue weighted by Gasteiger charge is 2.22. The number of carboxylic acid groups (broad SMARTS) is 1. The molecule has 2 atom stereocenters. The molecular formula is C92H159NO8. The van der Waals surface area contributed by atoms with Crippen LogP contribution in [0.1, 0.15) is 373 Å². The predicted molar refractivity (Wildman–Crippen MR) is 435 cm³/mol. The quantitative estimate of drug-likeness (QED) is 0.0195. The van der Waals surface area contributed by atoms with Crippen molar-refractivity contribution < 1.29 is 42.9 Å². The van der Waals surface area contributed by atoms with E-state index < -0.39 is 24.3 Å². The van der Waals surface area contributed by atoms with E-state index in [1.165, 1.54) is 231 Å². The Morgan fingerprint density at radius 3 is 0.792 bits per heavy atom. The summed E-state index contributed by atoms with van der Waals surface area (Å²) in [6.07, 6.45) is 114. The number of hydrogen-bond acceptors (Lipinski definition) is 8. The van der Waals surface area contributed by atoms with Crippen molar-refractivity contribution in [3.05, 3.63) is 134 Å². The second-order valence-electron chi connectivity index (χ2n) is 29.4. The number of hydrogen-bond donors (Lipinski definition) is 0. The Kier molecular flexibility index (Phi) is 77.4. The van der Waals surface area contributed by atoms with Gasteiger partial charge in [0.2, 0.25) is 0 Å². The van der Waals surface area contributed by atoms with Crippen LogP contribution < -0.4 is 5.11 Å². The van der Waals surface area contributed by atoms with Gasteiger partial charge in [0.1, 0.15) is 13.2 Å². The molecule has 2 unspecified atom stereocenters. The lowest BCUT2D eigenvalue weighted by Crippen LogP contribution is -2.44. The molecule has 0 N–H and O–H groups in total. The van der Waals surface area contributed by atoms with Crippen molar-refractivity contribution in [3.63, 3.8) is 0 Å². The minimum Gasteiger partial charge on any atom is -0.545 e. The third-order valence-electron chi connectivity index (χ3n) is 18.4. The van der Waals surface area contributed by atoms with E-state index in [-0.39, 0.29) is 32.2 Å². The highest BCUT2D eigenvalue weighted by Crippen LogP contribution is 2.19. The smallest absolute Gasteiger partial charge is 0.306 e. The van der Waals surface area contributed by atoms with E-state index in [0.29, 0.717) is 23.9 Å². The number of allylic oxidation sites excluding steroid dienone is 22. The average Bonchev–Trinajstić information content (AvgIpc) is 1.25. The Balaban J connectivity index is 3.98. The van der Waals surface area contributed by atoms with Crippen molar-refractivity contribution in [2.75, 3.05) is 47.5 Å². The van der Waals surface area contributed by atoms with E-state index in [1.54, 1.807) is 0 Å². The molecule has 0 aromatic heterocycles. The van der Waals surface area contributed by atoms with Crippen LogP contribution in [-0.2, 0) is 33.3 Å². The van der Waals surface area contributed by atoms with Crippen LogP contribution in [0.4, 0.5) is 0 Å². The molecule has 0 aromatic rings. The Morgan fingerprint density at radius 2 is 0.535 bits per heavy atom. The van der Waals surface area contributed by atoms with Gasteiger partial charge in [-0.15, -0.1) is 0 Å². The fraction of sp³-hybridized carbons (Fsp3) is 0.728. The molecule has 0 aromatic carbocycles. The Hall–Kier alpha value is -4.57. The third-order valence-corrected chi connectivity index (χ3v) is 18.4. The maximum Gasteiger partial charge on any atom is 0.306 e. The lowest BCUT2D eigenvalue weighted by molar-refractivity contribution is -0.870. The topological polar surface area (TPSA) is 111 Å². The van der Waals surface area contributed by atoms with Gasteiger partial charge in [-0.05, 0) is 109 Å².